The zero-order chi connectivity index (χ0) is 13.1. The van der Waals surface area contributed by atoms with Gasteiger partial charge < -0.3 is 5.73 Å². The summed E-state index contributed by atoms with van der Waals surface area (Å²) in [5, 5.41) is 0.492. The van der Waals surface area contributed by atoms with Crippen molar-refractivity contribution in [2.75, 3.05) is 0 Å². The molecule has 0 saturated carbocycles. The molecule has 0 aromatic carbocycles. The Kier molecular flexibility index (Phi) is 3.63. The lowest BCUT2D eigenvalue weighted by Gasteiger charge is -2.05. The number of hydrogen-bond acceptors (Lipinski definition) is 3. The molecule has 4 heteroatoms. The predicted octanol–water partition coefficient (Wildman–Crippen LogP) is 2.87. The molecule has 3 nitrogen and oxygen atoms in total. The second-order valence-electron chi connectivity index (χ2n) is 4.13. The van der Waals surface area contributed by atoms with Crippen LogP contribution in [-0.2, 0) is 0 Å². The Balaban J connectivity index is 2.35. The van der Waals surface area contributed by atoms with E-state index in [4.69, 9.17) is 17.3 Å². The Labute approximate surface area is 111 Å². The maximum Gasteiger partial charge on any atom is 0.207 e. The maximum atomic E-state index is 12.3. The van der Waals surface area contributed by atoms with E-state index >= 15 is 0 Å². The summed E-state index contributed by atoms with van der Waals surface area (Å²) in [5.74, 6) is -0.136. The minimum absolute atomic E-state index is 0.136. The van der Waals surface area contributed by atoms with Crippen molar-refractivity contribution in [3.8, 4) is 0 Å². The van der Waals surface area contributed by atoms with Crippen molar-refractivity contribution < 1.29 is 4.79 Å². The lowest BCUT2D eigenvalue weighted by molar-refractivity contribution is 0.102. The van der Waals surface area contributed by atoms with Gasteiger partial charge in [-0.15, -0.1) is 0 Å². The molecule has 1 heterocycles. The Bertz CT molecular complexity index is 585. The molecule has 2 N–H and O–H groups in total. The van der Waals surface area contributed by atoms with Crippen molar-refractivity contribution in [2.24, 2.45) is 5.73 Å². The van der Waals surface area contributed by atoms with Gasteiger partial charge in [-0.1, -0.05) is 17.7 Å². The highest BCUT2D eigenvalue weighted by Crippen LogP contribution is 2.20. The molecule has 1 aliphatic rings. The second kappa shape index (κ2) is 5.19. The number of carbonyl (C=O) groups excluding carboxylic acids is 1. The van der Waals surface area contributed by atoms with E-state index in [1.54, 1.807) is 24.3 Å². The maximum absolute atomic E-state index is 12.3. The second-order valence-corrected chi connectivity index (χ2v) is 4.57. The largest absolute Gasteiger partial charge is 0.402 e. The van der Waals surface area contributed by atoms with E-state index in [0.717, 1.165) is 5.69 Å². The number of Topliss-reactive ketones (excluding diaryl/α,β-unsaturated/α-hetero) is 1. The first-order chi connectivity index (χ1) is 8.56. The summed E-state index contributed by atoms with van der Waals surface area (Å²) in [4.78, 5) is 16.5. The van der Waals surface area contributed by atoms with Crippen LogP contribution in [0.25, 0.3) is 0 Å². The quantitative estimate of drug-likeness (QED) is 0.832. The fourth-order valence-corrected chi connectivity index (χ4v) is 1.91. The van der Waals surface area contributed by atoms with Gasteiger partial charge in [-0.05, 0) is 37.3 Å². The van der Waals surface area contributed by atoms with E-state index in [-0.39, 0.29) is 5.78 Å². The minimum atomic E-state index is -0.136. The molecule has 1 aliphatic carbocycles. The van der Waals surface area contributed by atoms with Crippen LogP contribution in [0.5, 0.6) is 0 Å². The van der Waals surface area contributed by atoms with Gasteiger partial charge in [0.15, 0.2) is 0 Å². The van der Waals surface area contributed by atoms with Gasteiger partial charge in [0.2, 0.25) is 5.78 Å². The number of pyridine rings is 1. The number of nitrogens with two attached hydrogens (primary N) is 1. The molecule has 92 valence electrons. The minimum Gasteiger partial charge on any atom is -0.402 e. The van der Waals surface area contributed by atoms with Gasteiger partial charge in [0.25, 0.3) is 0 Å². The van der Waals surface area contributed by atoms with Crippen LogP contribution in [0.15, 0.2) is 52.7 Å². The SMILES string of the molecule is Cc1cccc(C(=O)C2=CC(Cl)=CC=C(N)C2)n1. The molecule has 0 amide bonds. The molecule has 2 rings (SSSR count). The number of halogens is 1. The van der Waals surface area contributed by atoms with Crippen molar-refractivity contribution in [1.82, 2.24) is 4.98 Å². The average Bonchev–Trinajstić information content (AvgIpc) is 2.50. The number of ketones is 1. The number of carbonyl (C=O) groups is 1. The van der Waals surface area contributed by atoms with Gasteiger partial charge in [-0.2, -0.15) is 0 Å². The van der Waals surface area contributed by atoms with Gasteiger partial charge in [0.1, 0.15) is 5.69 Å². The van der Waals surface area contributed by atoms with E-state index < -0.39 is 0 Å². The zero-order valence-corrected chi connectivity index (χ0v) is 10.7. The molecule has 0 bridgehead atoms. The van der Waals surface area contributed by atoms with Gasteiger partial charge in [-0.3, -0.25) is 4.79 Å². The first-order valence-electron chi connectivity index (χ1n) is 5.57. The third-order valence-corrected chi connectivity index (χ3v) is 2.81. The van der Waals surface area contributed by atoms with Crippen LogP contribution in [0.2, 0.25) is 0 Å². The summed E-state index contributed by atoms with van der Waals surface area (Å²) in [5.41, 5.74) is 8.17. The van der Waals surface area contributed by atoms with Crippen molar-refractivity contribution in [2.45, 2.75) is 13.3 Å². The monoisotopic (exact) mass is 260 g/mol. The van der Waals surface area contributed by atoms with E-state index in [1.165, 1.54) is 0 Å². The molecule has 1 aromatic rings. The molecule has 0 saturated heterocycles. The van der Waals surface area contributed by atoms with Gasteiger partial charge in [0, 0.05) is 28.4 Å². The Morgan fingerprint density at radius 3 is 2.89 bits per heavy atom. The smallest absolute Gasteiger partial charge is 0.207 e. The molecule has 0 spiro atoms. The fraction of sp³-hybridized carbons (Fsp3) is 0.143. The number of nitrogens with zero attached hydrogens (tertiary/aromatic N) is 1. The molecular weight excluding hydrogens is 248 g/mol. The highest BCUT2D eigenvalue weighted by molar-refractivity contribution is 6.32. The summed E-state index contributed by atoms with van der Waals surface area (Å²) in [6, 6.07) is 5.35. The van der Waals surface area contributed by atoms with Crippen LogP contribution in [-0.4, -0.2) is 10.8 Å². The Morgan fingerprint density at radius 1 is 1.39 bits per heavy atom. The lowest BCUT2D eigenvalue weighted by atomic mass is 10.0. The Hall–Kier alpha value is -1.87. The van der Waals surface area contributed by atoms with Gasteiger partial charge in [0.05, 0.1) is 0 Å². The summed E-state index contributed by atoms with van der Waals surface area (Å²) in [6.45, 7) is 1.85. The van der Waals surface area contributed by atoms with Crippen molar-refractivity contribution >= 4 is 17.4 Å². The summed E-state index contributed by atoms with van der Waals surface area (Å²) >= 11 is 5.96. The topological polar surface area (TPSA) is 56.0 Å². The van der Waals surface area contributed by atoms with Gasteiger partial charge >= 0.3 is 0 Å². The molecule has 0 radical (unpaired) electrons. The number of aromatic nitrogens is 1. The molecule has 1 aromatic heterocycles. The molecular formula is C14H13ClN2O. The van der Waals surface area contributed by atoms with E-state index in [1.807, 2.05) is 19.1 Å². The highest BCUT2D eigenvalue weighted by Gasteiger charge is 2.16. The molecule has 0 aliphatic heterocycles. The molecule has 0 unspecified atom stereocenters. The van der Waals surface area contributed by atoms with Crippen molar-refractivity contribution in [3.05, 3.63) is 64.1 Å². The first kappa shape index (κ1) is 12.6. The number of allylic oxidation sites excluding steroid dienone is 5. The average molecular weight is 261 g/mol. The Morgan fingerprint density at radius 2 is 2.17 bits per heavy atom. The molecule has 0 fully saturated rings. The number of hydrogen-bond donors (Lipinski definition) is 1. The number of rotatable bonds is 2. The third-order valence-electron chi connectivity index (χ3n) is 2.58. The van der Waals surface area contributed by atoms with Crippen LogP contribution >= 0.6 is 11.6 Å². The first-order valence-corrected chi connectivity index (χ1v) is 5.95. The highest BCUT2D eigenvalue weighted by atomic mass is 35.5. The van der Waals surface area contributed by atoms with Crippen LogP contribution in [0, 0.1) is 6.92 Å². The summed E-state index contributed by atoms with van der Waals surface area (Å²) in [7, 11) is 0. The summed E-state index contributed by atoms with van der Waals surface area (Å²) in [6.07, 6.45) is 5.43. The predicted molar refractivity (Wildman–Crippen MR) is 72.2 cm³/mol. The van der Waals surface area contributed by atoms with Gasteiger partial charge in [-0.25, -0.2) is 4.98 Å². The van der Waals surface area contributed by atoms with Crippen LogP contribution in [0.1, 0.15) is 22.6 Å². The normalized spacial score (nSPS) is 15.3. The molecule has 0 atom stereocenters. The summed E-state index contributed by atoms with van der Waals surface area (Å²) < 4.78 is 0. The standard InChI is InChI=1S/C14H13ClN2O/c1-9-3-2-4-13(17-9)14(18)10-7-11(15)5-6-12(16)8-10/h2-7H,8,16H2,1H3. The van der Waals surface area contributed by atoms with E-state index in [9.17, 15) is 4.79 Å². The van der Waals surface area contributed by atoms with Crippen LogP contribution < -0.4 is 5.73 Å². The zero-order valence-electron chi connectivity index (χ0n) is 9.98. The number of aryl methyl sites for hydroxylation is 1. The van der Waals surface area contributed by atoms with Crippen molar-refractivity contribution in [1.29, 1.82) is 0 Å². The van der Waals surface area contributed by atoms with E-state index in [0.29, 0.717) is 28.4 Å². The third kappa shape index (κ3) is 2.87. The van der Waals surface area contributed by atoms with Crippen LogP contribution in [0.3, 0.4) is 0 Å². The molecule has 18 heavy (non-hydrogen) atoms. The van der Waals surface area contributed by atoms with Crippen LogP contribution in [0.4, 0.5) is 0 Å². The lowest BCUT2D eigenvalue weighted by Crippen LogP contribution is -2.09. The van der Waals surface area contributed by atoms with E-state index in [2.05, 4.69) is 4.98 Å². The van der Waals surface area contributed by atoms with Crippen molar-refractivity contribution in [3.63, 3.8) is 0 Å². The fourth-order valence-electron chi connectivity index (χ4n) is 1.71.